The van der Waals surface area contributed by atoms with Gasteiger partial charge in [-0.15, -0.1) is 0 Å². The molecule has 0 bridgehead atoms. The fourth-order valence-electron chi connectivity index (χ4n) is 3.65. The Morgan fingerprint density at radius 3 is 2.66 bits per heavy atom. The molecule has 3 amide bonds. The lowest BCUT2D eigenvalue weighted by Crippen LogP contribution is -2.50. The maximum absolute atomic E-state index is 12.6. The van der Waals surface area contributed by atoms with Crippen molar-refractivity contribution in [2.24, 2.45) is 5.73 Å². The highest BCUT2D eigenvalue weighted by Gasteiger charge is 2.31. The molecule has 3 aromatic rings. The van der Waals surface area contributed by atoms with Crippen LogP contribution in [0, 0.1) is 0 Å². The van der Waals surface area contributed by atoms with E-state index in [1.54, 1.807) is 15.8 Å². The number of aromatic nitrogens is 3. The first-order chi connectivity index (χ1) is 13.7. The average molecular weight is 392 g/mol. The topological polar surface area (TPSA) is 106 Å². The Hall–Kier alpha value is -3.42. The summed E-state index contributed by atoms with van der Waals surface area (Å²) in [4.78, 5) is 31.1. The molecular formula is C21H24N6O2. The van der Waals surface area contributed by atoms with Crippen LogP contribution < -0.4 is 11.1 Å². The molecule has 0 saturated carbocycles. The summed E-state index contributed by atoms with van der Waals surface area (Å²) >= 11 is 0. The monoisotopic (exact) mass is 392 g/mol. The van der Waals surface area contributed by atoms with Gasteiger partial charge in [-0.1, -0.05) is 18.2 Å². The number of nitrogens with one attached hydrogen (secondary N) is 1. The summed E-state index contributed by atoms with van der Waals surface area (Å²) < 4.78 is 1.78. The third-order valence-corrected chi connectivity index (χ3v) is 4.90. The second-order valence-electron chi connectivity index (χ2n) is 8.24. The van der Waals surface area contributed by atoms with Crippen molar-refractivity contribution in [3.63, 3.8) is 0 Å². The normalized spacial score (nSPS) is 14.0. The number of benzene rings is 1. The zero-order valence-electron chi connectivity index (χ0n) is 16.8. The Morgan fingerprint density at radius 1 is 1.14 bits per heavy atom. The summed E-state index contributed by atoms with van der Waals surface area (Å²) in [5.74, 6) is -0.555. The molecule has 3 heterocycles. The minimum atomic E-state index is -0.555. The Balaban J connectivity index is 1.78. The highest BCUT2D eigenvalue weighted by molar-refractivity contribution is 6.04. The zero-order chi connectivity index (χ0) is 20.8. The van der Waals surface area contributed by atoms with Crippen LogP contribution in [-0.2, 0) is 13.1 Å². The molecule has 3 N–H and O–H groups in total. The molecule has 1 aliphatic rings. The van der Waals surface area contributed by atoms with Gasteiger partial charge < -0.3 is 16.0 Å². The van der Waals surface area contributed by atoms with Gasteiger partial charge in [0.2, 0.25) is 0 Å². The molecule has 0 atom stereocenters. The molecule has 0 aliphatic carbocycles. The van der Waals surface area contributed by atoms with E-state index in [9.17, 15) is 9.59 Å². The number of primary amides is 1. The first kappa shape index (κ1) is 18.9. The third kappa shape index (κ3) is 3.53. The summed E-state index contributed by atoms with van der Waals surface area (Å²) in [6.07, 6.45) is 1.73. The van der Waals surface area contributed by atoms with Crippen LogP contribution in [0.5, 0.6) is 0 Å². The average Bonchev–Trinajstić information content (AvgIpc) is 3.04. The molecular weight excluding hydrogens is 368 g/mol. The van der Waals surface area contributed by atoms with Gasteiger partial charge in [0, 0.05) is 29.2 Å². The minimum absolute atomic E-state index is 0.170. The van der Waals surface area contributed by atoms with Gasteiger partial charge in [-0.25, -0.2) is 4.79 Å². The first-order valence-electron chi connectivity index (χ1n) is 9.55. The second kappa shape index (κ2) is 6.88. The van der Waals surface area contributed by atoms with E-state index >= 15 is 0 Å². The lowest BCUT2D eigenvalue weighted by Gasteiger charge is -2.31. The smallest absolute Gasteiger partial charge is 0.318 e. The number of amides is 3. The van der Waals surface area contributed by atoms with Crippen molar-refractivity contribution in [2.45, 2.75) is 39.4 Å². The second-order valence-corrected chi connectivity index (χ2v) is 8.24. The minimum Gasteiger partial charge on any atom is -0.365 e. The van der Waals surface area contributed by atoms with E-state index in [4.69, 9.17) is 10.8 Å². The van der Waals surface area contributed by atoms with Crippen LogP contribution >= 0.6 is 0 Å². The number of pyridine rings is 1. The highest BCUT2D eigenvalue weighted by atomic mass is 16.2. The Morgan fingerprint density at radius 2 is 1.93 bits per heavy atom. The Kier molecular flexibility index (Phi) is 4.49. The van der Waals surface area contributed by atoms with Crippen LogP contribution in [0.4, 0.5) is 4.79 Å². The number of hydrogen-bond donors (Lipinski definition) is 2. The number of hydrogen-bond acceptors (Lipinski definition) is 4. The van der Waals surface area contributed by atoms with E-state index in [-0.39, 0.29) is 18.1 Å². The summed E-state index contributed by atoms with van der Waals surface area (Å²) in [5, 5.41) is 8.55. The van der Waals surface area contributed by atoms with Crippen molar-refractivity contribution >= 4 is 22.8 Å². The molecule has 0 radical (unpaired) electrons. The maximum Gasteiger partial charge on any atom is 0.318 e. The molecule has 0 saturated heterocycles. The fraction of sp³-hybridized carbons (Fsp3) is 0.333. The number of nitrogens with two attached hydrogens (primary N) is 1. The van der Waals surface area contributed by atoms with Crippen molar-refractivity contribution in [2.75, 3.05) is 6.54 Å². The van der Waals surface area contributed by atoms with Crippen molar-refractivity contribution in [1.29, 1.82) is 0 Å². The number of carbonyl (C=O) groups is 2. The van der Waals surface area contributed by atoms with Gasteiger partial charge in [-0.05, 0) is 32.9 Å². The number of nitrogens with zero attached hydrogens (tertiary/aromatic N) is 4. The van der Waals surface area contributed by atoms with Crippen LogP contribution in [0.15, 0.2) is 36.5 Å². The Labute approximate surface area is 168 Å². The van der Waals surface area contributed by atoms with Gasteiger partial charge in [-0.2, -0.15) is 5.10 Å². The van der Waals surface area contributed by atoms with Gasteiger partial charge >= 0.3 is 6.03 Å². The van der Waals surface area contributed by atoms with E-state index < -0.39 is 5.91 Å². The molecule has 1 aliphatic heterocycles. The molecule has 8 nitrogen and oxygen atoms in total. The predicted molar refractivity (Wildman–Crippen MR) is 110 cm³/mol. The largest absolute Gasteiger partial charge is 0.365 e. The standard InChI is InChI=1S/C21H24N6O2/c1-21(2,3)24-20(29)26-10-11-27-16(12-26)17(19(22)28)18(25-27)14-6-4-8-15-13(14)7-5-9-23-15/h4-9H,10-12H2,1-3H3,(H2,22,28)(H,24,29). The van der Waals surface area contributed by atoms with Gasteiger partial charge in [0.15, 0.2) is 0 Å². The number of urea groups is 1. The van der Waals surface area contributed by atoms with Crippen LogP contribution in [0.1, 0.15) is 36.8 Å². The highest BCUT2D eigenvalue weighted by Crippen LogP contribution is 2.32. The number of carbonyl (C=O) groups excluding carboxylic acids is 2. The summed E-state index contributed by atoms with van der Waals surface area (Å²) in [7, 11) is 0. The molecule has 29 heavy (non-hydrogen) atoms. The molecule has 4 rings (SSSR count). The quantitative estimate of drug-likeness (QED) is 0.699. The van der Waals surface area contributed by atoms with E-state index in [1.807, 2.05) is 51.1 Å². The number of fused-ring (bicyclic) bond motifs is 2. The third-order valence-electron chi connectivity index (χ3n) is 4.90. The van der Waals surface area contributed by atoms with Crippen LogP contribution in [-0.4, -0.2) is 43.7 Å². The lowest BCUT2D eigenvalue weighted by molar-refractivity contribution is 0.0997. The van der Waals surface area contributed by atoms with Gasteiger partial charge in [0.05, 0.1) is 29.9 Å². The van der Waals surface area contributed by atoms with Crippen molar-refractivity contribution in [1.82, 2.24) is 25.0 Å². The lowest BCUT2D eigenvalue weighted by atomic mass is 10.0. The number of rotatable bonds is 2. The van der Waals surface area contributed by atoms with Crippen LogP contribution in [0.3, 0.4) is 0 Å². The SMILES string of the molecule is CC(C)(C)NC(=O)N1CCn2nc(-c3cccc4ncccc34)c(C(N)=O)c2C1. The molecule has 0 fully saturated rings. The summed E-state index contributed by atoms with van der Waals surface area (Å²) in [6.45, 7) is 7.07. The predicted octanol–water partition coefficient (Wildman–Crippen LogP) is 2.52. The first-order valence-corrected chi connectivity index (χ1v) is 9.55. The van der Waals surface area contributed by atoms with Crippen LogP contribution in [0.2, 0.25) is 0 Å². The Bertz CT molecular complexity index is 1110. The molecule has 8 heteroatoms. The zero-order valence-corrected chi connectivity index (χ0v) is 16.8. The molecule has 0 spiro atoms. The molecule has 150 valence electrons. The molecule has 2 aromatic heterocycles. The summed E-state index contributed by atoms with van der Waals surface area (Å²) in [6, 6.07) is 9.34. The van der Waals surface area contributed by atoms with Crippen LogP contribution in [0.25, 0.3) is 22.2 Å². The maximum atomic E-state index is 12.6. The van der Waals surface area contributed by atoms with Gasteiger partial charge in [0.1, 0.15) is 5.69 Å². The summed E-state index contributed by atoms with van der Waals surface area (Å²) in [5.41, 5.74) is 8.58. The van der Waals surface area contributed by atoms with E-state index in [2.05, 4.69) is 10.3 Å². The van der Waals surface area contributed by atoms with Crippen molar-refractivity contribution < 1.29 is 9.59 Å². The van der Waals surface area contributed by atoms with E-state index in [1.165, 1.54) is 0 Å². The van der Waals surface area contributed by atoms with E-state index in [0.29, 0.717) is 30.0 Å². The molecule has 1 aromatic carbocycles. The van der Waals surface area contributed by atoms with Gasteiger partial charge in [0.25, 0.3) is 5.91 Å². The van der Waals surface area contributed by atoms with Crippen molar-refractivity contribution in [3.8, 4) is 11.3 Å². The van der Waals surface area contributed by atoms with Crippen molar-refractivity contribution in [3.05, 3.63) is 47.8 Å². The van der Waals surface area contributed by atoms with Gasteiger partial charge in [-0.3, -0.25) is 14.5 Å². The molecule has 0 unspecified atom stereocenters. The van der Waals surface area contributed by atoms with E-state index in [0.717, 1.165) is 16.5 Å². The fourth-order valence-corrected chi connectivity index (χ4v) is 3.65.